The zero-order valence-electron chi connectivity index (χ0n) is 13.9. The van der Waals surface area contributed by atoms with Gasteiger partial charge in [0.05, 0.1) is 0 Å². The van der Waals surface area contributed by atoms with Gasteiger partial charge in [-0.05, 0) is 10.4 Å². The second kappa shape index (κ2) is 7.11. The summed E-state index contributed by atoms with van der Waals surface area (Å²) in [5, 5.41) is 23.6. The minimum Gasteiger partial charge on any atom is -0.449 e. The first-order valence-electron chi connectivity index (χ1n) is 7.73. The number of carboxylic acid groups (broad SMARTS) is 1. The third-order valence-corrected chi connectivity index (χ3v) is 6.36. The lowest BCUT2D eigenvalue weighted by Crippen LogP contribution is -2.67. The number of amides is 1. The van der Waals surface area contributed by atoms with Crippen LogP contribution in [0.3, 0.4) is 0 Å². The molecule has 1 saturated heterocycles. The van der Waals surface area contributed by atoms with Crippen LogP contribution in [0.4, 0.5) is 10.7 Å². The predicted molar refractivity (Wildman–Crippen MR) is 94.7 cm³/mol. The zero-order valence-corrected chi connectivity index (χ0v) is 15.5. The molecule has 0 bridgehead atoms. The SMILES string of the molecule is Cn1nnnc1SCC1=C(OC(=O)O)N2C(=O)C(Nc3ncc[nH]3)[C@@H]2SC1. The monoisotopic (exact) mass is 410 g/mol. The number of anilines is 1. The Morgan fingerprint density at radius 2 is 2.44 bits per heavy atom. The van der Waals surface area contributed by atoms with Crippen molar-refractivity contribution in [3.05, 3.63) is 23.8 Å². The molecular weight excluding hydrogens is 396 g/mol. The van der Waals surface area contributed by atoms with E-state index in [1.807, 2.05) is 0 Å². The number of rotatable bonds is 6. The van der Waals surface area contributed by atoms with Crippen molar-refractivity contribution in [1.29, 1.82) is 0 Å². The lowest BCUT2D eigenvalue weighted by atomic mass is 10.1. The molecule has 1 fully saturated rings. The number of aromatic amines is 1. The second-order valence-electron chi connectivity index (χ2n) is 5.62. The molecule has 4 heterocycles. The van der Waals surface area contributed by atoms with Crippen molar-refractivity contribution >= 4 is 41.5 Å². The highest BCUT2D eigenvalue weighted by molar-refractivity contribution is 8.01. The second-order valence-corrected chi connectivity index (χ2v) is 7.67. The quantitative estimate of drug-likeness (QED) is 0.343. The van der Waals surface area contributed by atoms with Crippen LogP contribution < -0.4 is 5.32 Å². The van der Waals surface area contributed by atoms with Gasteiger partial charge in [0.1, 0.15) is 11.4 Å². The first kappa shape index (κ1) is 17.7. The van der Waals surface area contributed by atoms with E-state index in [1.54, 1.807) is 19.4 Å². The summed E-state index contributed by atoms with van der Waals surface area (Å²) in [5.41, 5.74) is 0.691. The summed E-state index contributed by atoms with van der Waals surface area (Å²) in [7, 11) is 1.71. The third kappa shape index (κ3) is 3.32. The number of fused-ring (bicyclic) bond motifs is 1. The molecule has 0 saturated carbocycles. The van der Waals surface area contributed by atoms with Crippen LogP contribution in [0.1, 0.15) is 0 Å². The molecule has 12 nitrogen and oxygen atoms in total. The summed E-state index contributed by atoms with van der Waals surface area (Å²) in [4.78, 5) is 32.1. The molecule has 0 aromatic carbocycles. The van der Waals surface area contributed by atoms with Crippen LogP contribution in [0.25, 0.3) is 0 Å². The number of aromatic nitrogens is 6. The number of β-lactam (4-membered cyclic amide) rings is 1. The van der Waals surface area contributed by atoms with Crippen LogP contribution >= 0.6 is 23.5 Å². The van der Waals surface area contributed by atoms with Gasteiger partial charge in [-0.15, -0.1) is 16.9 Å². The molecule has 1 amide bonds. The van der Waals surface area contributed by atoms with E-state index < -0.39 is 12.2 Å². The van der Waals surface area contributed by atoms with Gasteiger partial charge in [-0.2, -0.15) is 0 Å². The maximum absolute atomic E-state index is 12.6. The Kier molecular flexibility index (Phi) is 4.65. The highest BCUT2D eigenvalue weighted by atomic mass is 32.2. The summed E-state index contributed by atoms with van der Waals surface area (Å²) >= 11 is 2.86. The lowest BCUT2D eigenvalue weighted by molar-refractivity contribution is -0.143. The lowest BCUT2D eigenvalue weighted by Gasteiger charge is -2.49. The summed E-state index contributed by atoms with van der Waals surface area (Å²) in [6, 6.07) is -0.509. The fourth-order valence-corrected chi connectivity index (χ4v) is 4.99. The standard InChI is InChI=1S/C13H14N8O4S2/c1-20-12(17-18-19-20)27-5-6-4-26-10-7(16-11-14-2-3-15-11)8(22)21(10)9(6)25-13(23)24/h2-3,7,10H,4-5H2,1H3,(H,23,24)(H2,14,15,16)/t7?,10-/m0/s1. The topological polar surface area (TPSA) is 151 Å². The number of ether oxygens (including phenoxy) is 1. The summed E-state index contributed by atoms with van der Waals surface area (Å²) in [6.45, 7) is 0. The van der Waals surface area contributed by atoms with Crippen molar-refractivity contribution in [1.82, 2.24) is 35.1 Å². The Morgan fingerprint density at radius 1 is 1.59 bits per heavy atom. The minimum absolute atomic E-state index is 0.0661. The number of thioether (sulfide) groups is 2. The molecule has 0 aliphatic carbocycles. The van der Waals surface area contributed by atoms with Gasteiger partial charge in [-0.3, -0.25) is 9.69 Å². The maximum atomic E-state index is 12.6. The van der Waals surface area contributed by atoms with Gasteiger partial charge in [0.15, 0.2) is 0 Å². The van der Waals surface area contributed by atoms with Crippen molar-refractivity contribution in [2.75, 3.05) is 16.8 Å². The number of nitrogens with one attached hydrogen (secondary N) is 2. The number of hydrogen-bond donors (Lipinski definition) is 3. The molecular formula is C13H14N8O4S2. The van der Waals surface area contributed by atoms with Gasteiger partial charge >= 0.3 is 6.16 Å². The van der Waals surface area contributed by atoms with Gasteiger partial charge in [0, 0.05) is 36.5 Å². The normalized spacial score (nSPS) is 21.7. The summed E-state index contributed by atoms with van der Waals surface area (Å²) < 4.78 is 6.47. The molecule has 142 valence electrons. The van der Waals surface area contributed by atoms with Crippen molar-refractivity contribution in [2.45, 2.75) is 16.6 Å². The molecule has 1 unspecified atom stereocenters. The van der Waals surface area contributed by atoms with Crippen LogP contribution in [0.2, 0.25) is 0 Å². The van der Waals surface area contributed by atoms with Gasteiger partial charge in [0.25, 0.3) is 5.91 Å². The Bertz CT molecular complexity index is 898. The van der Waals surface area contributed by atoms with Crippen LogP contribution in [0.15, 0.2) is 29.0 Å². The number of carbonyl (C=O) groups excluding carboxylic acids is 1. The fraction of sp³-hybridized carbons (Fsp3) is 0.385. The Morgan fingerprint density at radius 3 is 3.11 bits per heavy atom. The minimum atomic E-state index is -1.46. The third-order valence-electron chi connectivity index (χ3n) is 3.92. The molecule has 2 aliphatic heterocycles. The van der Waals surface area contributed by atoms with Crippen LogP contribution in [0.5, 0.6) is 0 Å². The molecule has 14 heteroatoms. The molecule has 2 atom stereocenters. The Balaban J connectivity index is 1.52. The van der Waals surface area contributed by atoms with E-state index in [1.165, 1.54) is 33.1 Å². The number of H-pyrrole nitrogens is 1. The van der Waals surface area contributed by atoms with E-state index in [0.29, 0.717) is 28.2 Å². The molecule has 0 radical (unpaired) electrons. The molecule has 2 aromatic rings. The predicted octanol–water partition coefficient (Wildman–Crippen LogP) is 0.327. The molecule has 2 aliphatic rings. The maximum Gasteiger partial charge on any atom is 0.512 e. The molecule has 3 N–H and O–H groups in total. The van der Waals surface area contributed by atoms with E-state index in [-0.39, 0.29) is 17.2 Å². The first-order valence-corrected chi connectivity index (χ1v) is 9.76. The van der Waals surface area contributed by atoms with Gasteiger partial charge < -0.3 is 20.1 Å². The average molecular weight is 410 g/mol. The Hall–Kier alpha value is -2.74. The number of tetrazole rings is 1. The van der Waals surface area contributed by atoms with Crippen molar-refractivity contribution in [2.24, 2.45) is 7.05 Å². The van der Waals surface area contributed by atoms with E-state index in [0.717, 1.165) is 0 Å². The van der Waals surface area contributed by atoms with Gasteiger partial charge in [-0.1, -0.05) is 11.8 Å². The molecule has 27 heavy (non-hydrogen) atoms. The number of aryl methyl sites for hydroxylation is 1. The number of nitrogens with zero attached hydrogens (tertiary/aromatic N) is 6. The van der Waals surface area contributed by atoms with Crippen molar-refractivity contribution in [3.63, 3.8) is 0 Å². The summed E-state index contributed by atoms with van der Waals surface area (Å²) in [5.74, 6) is 1.19. The number of imidazole rings is 1. The smallest absolute Gasteiger partial charge is 0.449 e. The van der Waals surface area contributed by atoms with E-state index in [2.05, 4.69) is 30.8 Å². The first-order chi connectivity index (χ1) is 13.0. The van der Waals surface area contributed by atoms with Gasteiger partial charge in [-0.25, -0.2) is 14.5 Å². The van der Waals surface area contributed by atoms with E-state index >= 15 is 0 Å². The fourth-order valence-electron chi connectivity index (χ4n) is 2.70. The van der Waals surface area contributed by atoms with E-state index in [9.17, 15) is 9.59 Å². The van der Waals surface area contributed by atoms with Gasteiger partial charge in [0.2, 0.25) is 17.0 Å². The molecule has 0 spiro atoms. The highest BCUT2D eigenvalue weighted by Gasteiger charge is 2.53. The van der Waals surface area contributed by atoms with Crippen LogP contribution in [0, 0.1) is 0 Å². The number of hydrogen-bond acceptors (Lipinski definition) is 10. The number of carbonyl (C=O) groups is 2. The zero-order chi connectivity index (χ0) is 19.0. The summed E-state index contributed by atoms with van der Waals surface area (Å²) in [6.07, 6.45) is 1.76. The largest absolute Gasteiger partial charge is 0.512 e. The highest BCUT2D eigenvalue weighted by Crippen LogP contribution is 2.42. The van der Waals surface area contributed by atoms with Crippen molar-refractivity contribution in [3.8, 4) is 0 Å². The van der Waals surface area contributed by atoms with Crippen molar-refractivity contribution < 1.29 is 19.4 Å². The van der Waals surface area contributed by atoms with Crippen LogP contribution in [-0.4, -0.2) is 75.2 Å². The average Bonchev–Trinajstić information content (AvgIpc) is 3.29. The Labute approximate surface area is 160 Å². The molecule has 4 rings (SSSR count). The van der Waals surface area contributed by atoms with E-state index in [4.69, 9.17) is 9.84 Å². The molecule has 2 aromatic heterocycles. The van der Waals surface area contributed by atoms with Crippen LogP contribution in [-0.2, 0) is 16.6 Å².